The van der Waals surface area contributed by atoms with Crippen molar-refractivity contribution < 1.29 is 4.74 Å². The Morgan fingerprint density at radius 3 is 2.57 bits per heavy atom. The second-order valence-electron chi connectivity index (χ2n) is 3.33. The van der Waals surface area contributed by atoms with Crippen molar-refractivity contribution in [3.8, 4) is 5.75 Å². The molecule has 0 aliphatic heterocycles. The van der Waals surface area contributed by atoms with Gasteiger partial charge in [-0.2, -0.15) is 0 Å². The number of aryl methyl sites for hydroxylation is 1. The summed E-state index contributed by atoms with van der Waals surface area (Å²) >= 11 is 0. The van der Waals surface area contributed by atoms with Crippen molar-refractivity contribution in [3.05, 3.63) is 35.4 Å². The van der Waals surface area contributed by atoms with Crippen LogP contribution in [0.25, 0.3) is 5.57 Å². The van der Waals surface area contributed by atoms with Gasteiger partial charge in [-0.05, 0) is 37.1 Å². The molecule has 1 aromatic carbocycles. The molecule has 0 amide bonds. The fourth-order valence-corrected chi connectivity index (χ4v) is 1.46. The van der Waals surface area contributed by atoms with Crippen LogP contribution in [0.2, 0.25) is 0 Å². The first-order valence-electron chi connectivity index (χ1n) is 4.45. The molecule has 1 aromatic rings. The maximum atomic E-state index is 7.23. The van der Waals surface area contributed by atoms with Crippen molar-refractivity contribution in [2.75, 3.05) is 7.11 Å². The number of methoxy groups -OCH3 is 1. The lowest BCUT2D eigenvalue weighted by Gasteiger charge is -2.10. The minimum atomic E-state index is 0.726. The second kappa shape index (κ2) is 4.09. The maximum Gasteiger partial charge on any atom is 0.128 e. The fourth-order valence-electron chi connectivity index (χ4n) is 1.46. The van der Waals surface area contributed by atoms with Crippen LogP contribution >= 0.6 is 0 Å². The van der Waals surface area contributed by atoms with E-state index >= 15 is 0 Å². The van der Waals surface area contributed by atoms with E-state index in [0.29, 0.717) is 0 Å². The maximum absolute atomic E-state index is 7.23. The zero-order valence-corrected chi connectivity index (χ0v) is 8.85. The smallest absolute Gasteiger partial charge is 0.128 e. The monoisotopic (exact) mass is 189 g/mol. The topological polar surface area (TPSA) is 33.1 Å². The second-order valence-corrected chi connectivity index (χ2v) is 3.33. The quantitative estimate of drug-likeness (QED) is 0.728. The van der Waals surface area contributed by atoms with E-state index in [2.05, 4.69) is 6.58 Å². The van der Waals surface area contributed by atoms with Crippen molar-refractivity contribution in [2.45, 2.75) is 13.8 Å². The summed E-state index contributed by atoms with van der Waals surface area (Å²) in [6, 6.07) is 3.87. The van der Waals surface area contributed by atoms with E-state index in [0.717, 1.165) is 28.0 Å². The van der Waals surface area contributed by atoms with Crippen molar-refractivity contribution in [1.29, 1.82) is 5.41 Å². The number of nitrogens with one attached hydrogen (secondary N) is 1. The van der Waals surface area contributed by atoms with Gasteiger partial charge >= 0.3 is 0 Å². The molecule has 0 unspecified atom stereocenters. The van der Waals surface area contributed by atoms with Crippen molar-refractivity contribution >= 4 is 11.8 Å². The Balaban J connectivity index is 3.37. The lowest BCUT2D eigenvalue weighted by Crippen LogP contribution is -1.94. The number of hydrogen-bond acceptors (Lipinski definition) is 2. The molecule has 0 aliphatic rings. The molecule has 2 nitrogen and oxygen atoms in total. The summed E-state index contributed by atoms with van der Waals surface area (Å²) in [6.45, 7) is 7.88. The highest BCUT2D eigenvalue weighted by molar-refractivity contribution is 5.83. The van der Waals surface area contributed by atoms with Gasteiger partial charge < -0.3 is 10.1 Å². The van der Waals surface area contributed by atoms with E-state index in [1.807, 2.05) is 26.0 Å². The summed E-state index contributed by atoms with van der Waals surface area (Å²) in [6.07, 6.45) is 1.30. The molecule has 0 atom stereocenters. The van der Waals surface area contributed by atoms with Gasteiger partial charge in [0.25, 0.3) is 0 Å². The Kier molecular flexibility index (Phi) is 3.07. The highest BCUT2D eigenvalue weighted by Crippen LogP contribution is 2.25. The number of rotatable bonds is 3. The Labute approximate surface area is 84.7 Å². The summed E-state index contributed by atoms with van der Waals surface area (Å²) in [5.41, 5.74) is 4.02. The van der Waals surface area contributed by atoms with Crippen LogP contribution in [0, 0.1) is 12.3 Å². The van der Waals surface area contributed by atoms with Crippen LogP contribution in [0.1, 0.15) is 23.6 Å². The molecule has 0 aliphatic carbocycles. The third kappa shape index (κ3) is 1.84. The third-order valence-corrected chi connectivity index (χ3v) is 2.19. The van der Waals surface area contributed by atoms with Gasteiger partial charge in [-0.25, -0.2) is 0 Å². The minimum absolute atomic E-state index is 0.726. The summed E-state index contributed by atoms with van der Waals surface area (Å²) in [4.78, 5) is 0. The van der Waals surface area contributed by atoms with E-state index in [-0.39, 0.29) is 0 Å². The number of hydrogen-bond donors (Lipinski definition) is 1. The van der Waals surface area contributed by atoms with Crippen molar-refractivity contribution in [3.63, 3.8) is 0 Å². The summed E-state index contributed by atoms with van der Waals surface area (Å²) < 4.78 is 5.19. The highest BCUT2D eigenvalue weighted by Gasteiger charge is 2.06. The largest absolute Gasteiger partial charge is 0.496 e. The average molecular weight is 189 g/mol. The molecule has 0 bridgehead atoms. The molecule has 1 N–H and O–H groups in total. The molecular weight excluding hydrogens is 174 g/mol. The van der Waals surface area contributed by atoms with Gasteiger partial charge in [0.2, 0.25) is 0 Å². The predicted molar refractivity (Wildman–Crippen MR) is 60.3 cm³/mol. The van der Waals surface area contributed by atoms with Gasteiger partial charge in [0.15, 0.2) is 0 Å². The molecule has 0 aromatic heterocycles. The zero-order valence-electron chi connectivity index (χ0n) is 8.85. The van der Waals surface area contributed by atoms with Crippen LogP contribution in [0.5, 0.6) is 5.75 Å². The van der Waals surface area contributed by atoms with Crippen LogP contribution in [-0.2, 0) is 0 Å². The molecule has 1 rings (SSSR count). The Morgan fingerprint density at radius 1 is 1.50 bits per heavy atom. The first kappa shape index (κ1) is 10.5. The van der Waals surface area contributed by atoms with Gasteiger partial charge in [-0.15, -0.1) is 0 Å². The first-order chi connectivity index (χ1) is 6.60. The van der Waals surface area contributed by atoms with E-state index in [1.165, 1.54) is 6.21 Å². The van der Waals surface area contributed by atoms with E-state index in [4.69, 9.17) is 10.1 Å². The van der Waals surface area contributed by atoms with Gasteiger partial charge in [0, 0.05) is 11.8 Å². The highest BCUT2D eigenvalue weighted by atomic mass is 16.5. The van der Waals surface area contributed by atoms with Crippen LogP contribution in [0.3, 0.4) is 0 Å². The Hall–Kier alpha value is -1.57. The summed E-state index contributed by atoms with van der Waals surface area (Å²) in [5.74, 6) is 0.726. The standard InChI is InChI=1S/C12H15NO/c1-8(2)11-6-12(14-4)10(7-13)5-9(11)3/h5-7,13H,1H2,2-4H3. The van der Waals surface area contributed by atoms with Gasteiger partial charge in [-0.3, -0.25) is 0 Å². The van der Waals surface area contributed by atoms with Crippen LogP contribution in [-0.4, -0.2) is 13.3 Å². The average Bonchev–Trinajstić information content (AvgIpc) is 2.16. The minimum Gasteiger partial charge on any atom is -0.496 e. The van der Waals surface area contributed by atoms with Gasteiger partial charge in [0.1, 0.15) is 5.75 Å². The molecule has 0 saturated heterocycles. The molecule has 0 spiro atoms. The predicted octanol–water partition coefficient (Wildman–Crippen LogP) is 3.03. The molecule has 2 heteroatoms. The van der Waals surface area contributed by atoms with Gasteiger partial charge in [0.05, 0.1) is 7.11 Å². The molecule has 0 radical (unpaired) electrons. The third-order valence-electron chi connectivity index (χ3n) is 2.19. The molecule has 74 valence electrons. The number of ether oxygens (including phenoxy) is 1. The Morgan fingerprint density at radius 2 is 2.14 bits per heavy atom. The SMILES string of the molecule is C=C(C)c1cc(OC)c(C=N)cc1C. The zero-order chi connectivity index (χ0) is 10.7. The first-order valence-corrected chi connectivity index (χ1v) is 4.45. The van der Waals surface area contributed by atoms with Gasteiger partial charge in [-0.1, -0.05) is 12.2 Å². The lowest BCUT2D eigenvalue weighted by atomic mass is 10.00. The van der Waals surface area contributed by atoms with Crippen molar-refractivity contribution in [2.24, 2.45) is 0 Å². The van der Waals surface area contributed by atoms with E-state index < -0.39 is 0 Å². The fraction of sp³-hybridized carbons (Fsp3) is 0.250. The molecule has 0 saturated carbocycles. The molecule has 0 fully saturated rings. The van der Waals surface area contributed by atoms with E-state index in [9.17, 15) is 0 Å². The Bertz CT molecular complexity index is 380. The normalized spacial score (nSPS) is 9.64. The van der Waals surface area contributed by atoms with Crippen molar-refractivity contribution in [1.82, 2.24) is 0 Å². The number of allylic oxidation sites excluding steroid dienone is 1. The summed E-state index contributed by atoms with van der Waals surface area (Å²) in [7, 11) is 1.61. The van der Waals surface area contributed by atoms with Crippen LogP contribution in [0.15, 0.2) is 18.7 Å². The summed E-state index contributed by atoms with van der Waals surface area (Å²) in [5, 5.41) is 7.23. The van der Waals surface area contributed by atoms with Crippen LogP contribution < -0.4 is 4.74 Å². The van der Waals surface area contributed by atoms with E-state index in [1.54, 1.807) is 7.11 Å². The number of benzene rings is 1. The molecule has 14 heavy (non-hydrogen) atoms. The molecule has 0 heterocycles. The lowest BCUT2D eigenvalue weighted by molar-refractivity contribution is 0.414. The molecular formula is C12H15NO. The van der Waals surface area contributed by atoms with Crippen LogP contribution in [0.4, 0.5) is 0 Å².